The summed E-state index contributed by atoms with van der Waals surface area (Å²) in [6.07, 6.45) is -1.12. The normalized spacial score (nSPS) is 13.6. The van der Waals surface area contributed by atoms with Gasteiger partial charge < -0.3 is 15.2 Å². The second-order valence-electron chi connectivity index (χ2n) is 7.05. The van der Waals surface area contributed by atoms with Crippen LogP contribution in [0.5, 0.6) is 5.75 Å². The molecule has 2 N–H and O–H groups in total. The molecule has 7 heteroatoms. The van der Waals surface area contributed by atoms with Crippen LogP contribution in [0, 0.1) is 0 Å². The molecule has 0 aliphatic carbocycles. The van der Waals surface area contributed by atoms with Crippen LogP contribution in [0.4, 0.5) is 5.69 Å². The number of carbonyl (C=O) groups excluding carboxylic acids is 3. The van der Waals surface area contributed by atoms with E-state index in [0.717, 1.165) is 4.90 Å². The smallest absolute Gasteiger partial charge is 0.261 e. The third-order valence-electron chi connectivity index (χ3n) is 4.87. The van der Waals surface area contributed by atoms with Crippen molar-refractivity contribution in [3.8, 4) is 5.75 Å². The van der Waals surface area contributed by atoms with Gasteiger partial charge in [-0.3, -0.25) is 19.3 Å². The van der Waals surface area contributed by atoms with Gasteiger partial charge in [-0.15, -0.1) is 0 Å². The number of hydrogen-bond donors (Lipinski definition) is 2. The topological polar surface area (TPSA) is 95.9 Å². The first-order chi connectivity index (χ1) is 15.0. The molecular formula is C24H20N2O5. The monoisotopic (exact) mass is 416 g/mol. The molecule has 0 aromatic heterocycles. The third kappa shape index (κ3) is 4.31. The lowest BCUT2D eigenvalue weighted by molar-refractivity contribution is 0.0456. The minimum Gasteiger partial charge on any atom is -0.490 e. The fraction of sp³-hybridized carbons (Fsp3) is 0.125. The average Bonchev–Trinajstić information content (AvgIpc) is 3.03. The first-order valence-corrected chi connectivity index (χ1v) is 9.76. The summed E-state index contributed by atoms with van der Waals surface area (Å²) >= 11 is 0. The molecule has 0 spiro atoms. The number of anilines is 1. The van der Waals surface area contributed by atoms with Gasteiger partial charge in [-0.25, -0.2) is 0 Å². The van der Waals surface area contributed by atoms with E-state index < -0.39 is 17.9 Å². The Morgan fingerprint density at radius 2 is 1.45 bits per heavy atom. The number of nitrogens with one attached hydrogen (secondary N) is 1. The summed E-state index contributed by atoms with van der Waals surface area (Å²) in [6, 6.07) is 22.2. The van der Waals surface area contributed by atoms with E-state index >= 15 is 0 Å². The Hall–Kier alpha value is -3.97. The molecule has 3 aromatic carbocycles. The second-order valence-corrected chi connectivity index (χ2v) is 7.05. The van der Waals surface area contributed by atoms with Crippen molar-refractivity contribution in [1.29, 1.82) is 0 Å². The van der Waals surface area contributed by atoms with Crippen molar-refractivity contribution in [2.45, 2.75) is 6.10 Å². The van der Waals surface area contributed by atoms with E-state index in [4.69, 9.17) is 4.74 Å². The maximum Gasteiger partial charge on any atom is 0.261 e. The number of rotatable bonds is 7. The zero-order valence-corrected chi connectivity index (χ0v) is 16.5. The molecule has 1 atom stereocenters. The van der Waals surface area contributed by atoms with E-state index in [-0.39, 0.29) is 24.8 Å². The van der Waals surface area contributed by atoms with Crippen LogP contribution in [-0.2, 0) is 0 Å². The number of aliphatic hydroxyl groups is 1. The highest BCUT2D eigenvalue weighted by Crippen LogP contribution is 2.23. The van der Waals surface area contributed by atoms with Gasteiger partial charge >= 0.3 is 0 Å². The van der Waals surface area contributed by atoms with Crippen molar-refractivity contribution < 1.29 is 24.2 Å². The van der Waals surface area contributed by atoms with E-state index in [1.54, 1.807) is 60.7 Å². The number of para-hydroxylation sites is 2. The third-order valence-corrected chi connectivity index (χ3v) is 4.87. The highest BCUT2D eigenvalue weighted by molar-refractivity contribution is 6.21. The zero-order valence-electron chi connectivity index (χ0n) is 16.5. The molecule has 0 unspecified atom stereocenters. The Kier molecular flexibility index (Phi) is 5.77. The number of benzene rings is 3. The van der Waals surface area contributed by atoms with Gasteiger partial charge in [0.15, 0.2) is 0 Å². The van der Waals surface area contributed by atoms with E-state index in [9.17, 15) is 19.5 Å². The van der Waals surface area contributed by atoms with Crippen LogP contribution in [0.15, 0.2) is 78.9 Å². The number of fused-ring (bicyclic) bond motifs is 1. The number of aliphatic hydroxyl groups excluding tert-OH is 1. The Morgan fingerprint density at radius 1 is 0.871 bits per heavy atom. The number of ether oxygens (including phenoxy) is 1. The summed E-state index contributed by atoms with van der Waals surface area (Å²) in [5.41, 5.74) is 1.60. The fourth-order valence-electron chi connectivity index (χ4n) is 3.35. The van der Waals surface area contributed by atoms with Gasteiger partial charge in [0.05, 0.1) is 23.2 Å². The van der Waals surface area contributed by atoms with E-state index in [2.05, 4.69) is 5.32 Å². The van der Waals surface area contributed by atoms with Gasteiger partial charge in [0, 0.05) is 5.69 Å². The number of β-amino-alcohol motifs (C(OH)–C–C–N with tert-alkyl or cyclic N) is 1. The summed E-state index contributed by atoms with van der Waals surface area (Å²) in [7, 11) is 0. The number of nitrogens with zero attached hydrogens (tertiary/aromatic N) is 1. The first kappa shape index (κ1) is 20.3. The average molecular weight is 416 g/mol. The maximum absolute atomic E-state index is 12.6. The van der Waals surface area contributed by atoms with E-state index in [1.165, 1.54) is 0 Å². The molecule has 31 heavy (non-hydrogen) atoms. The lowest BCUT2D eigenvalue weighted by Gasteiger charge is -2.19. The van der Waals surface area contributed by atoms with Crippen molar-refractivity contribution in [3.63, 3.8) is 0 Å². The van der Waals surface area contributed by atoms with Crippen molar-refractivity contribution >= 4 is 23.4 Å². The molecule has 0 saturated carbocycles. The summed E-state index contributed by atoms with van der Waals surface area (Å²) in [6.45, 7) is -0.395. The van der Waals surface area contributed by atoms with Gasteiger partial charge in [-0.05, 0) is 36.4 Å². The summed E-state index contributed by atoms with van der Waals surface area (Å²) in [4.78, 5) is 38.5. The summed E-state index contributed by atoms with van der Waals surface area (Å²) in [5.74, 6) is -0.946. The predicted molar refractivity (Wildman–Crippen MR) is 114 cm³/mol. The molecule has 1 aliphatic rings. The quantitative estimate of drug-likeness (QED) is 0.578. The standard InChI is InChI=1S/C24H20N2O5/c27-17(14-26-23(29)18-10-4-5-11-19(18)24(26)30)15-31-21-13-7-6-12-20(21)22(28)25-16-8-2-1-3-9-16/h1-13,17,27H,14-15H2,(H,25,28)/t17-/m0/s1. The minimum absolute atomic E-state index is 0.191. The number of imide groups is 1. The van der Waals surface area contributed by atoms with Crippen molar-refractivity contribution in [2.75, 3.05) is 18.5 Å². The van der Waals surface area contributed by atoms with Crippen LogP contribution in [-0.4, -0.2) is 47.0 Å². The molecule has 3 aromatic rings. The minimum atomic E-state index is -1.12. The molecule has 1 aliphatic heterocycles. The van der Waals surface area contributed by atoms with Crippen LogP contribution in [0.2, 0.25) is 0 Å². The summed E-state index contributed by atoms with van der Waals surface area (Å²) in [5, 5.41) is 13.2. The SMILES string of the molecule is O=C(Nc1ccccc1)c1ccccc1OC[C@@H](O)CN1C(=O)c2ccccc2C1=O. The zero-order chi connectivity index (χ0) is 21.8. The maximum atomic E-state index is 12.6. The molecule has 0 radical (unpaired) electrons. The van der Waals surface area contributed by atoms with Gasteiger partial charge in [-0.2, -0.15) is 0 Å². The molecule has 0 fully saturated rings. The van der Waals surface area contributed by atoms with Crippen LogP contribution in [0.1, 0.15) is 31.1 Å². The van der Waals surface area contributed by atoms with E-state index in [1.807, 2.05) is 18.2 Å². The highest BCUT2D eigenvalue weighted by Gasteiger charge is 2.36. The predicted octanol–water partition coefficient (Wildman–Crippen LogP) is 2.97. The summed E-state index contributed by atoms with van der Waals surface area (Å²) < 4.78 is 5.66. The molecule has 4 rings (SSSR count). The Labute approximate surface area is 178 Å². The number of amides is 3. The van der Waals surface area contributed by atoms with Gasteiger partial charge in [-0.1, -0.05) is 42.5 Å². The second kappa shape index (κ2) is 8.81. The van der Waals surface area contributed by atoms with Crippen LogP contribution >= 0.6 is 0 Å². The van der Waals surface area contributed by atoms with Crippen LogP contribution in [0.25, 0.3) is 0 Å². The highest BCUT2D eigenvalue weighted by atomic mass is 16.5. The molecule has 156 valence electrons. The Bertz CT molecular complexity index is 1090. The van der Waals surface area contributed by atoms with Gasteiger partial charge in [0.25, 0.3) is 17.7 Å². The molecule has 1 heterocycles. The van der Waals surface area contributed by atoms with E-state index in [0.29, 0.717) is 22.4 Å². The number of hydrogen-bond acceptors (Lipinski definition) is 5. The lowest BCUT2D eigenvalue weighted by atomic mass is 10.1. The van der Waals surface area contributed by atoms with Crippen LogP contribution in [0.3, 0.4) is 0 Å². The largest absolute Gasteiger partial charge is 0.490 e. The lowest BCUT2D eigenvalue weighted by Crippen LogP contribution is -2.39. The molecule has 3 amide bonds. The van der Waals surface area contributed by atoms with Crippen molar-refractivity contribution in [1.82, 2.24) is 4.90 Å². The number of carbonyl (C=O) groups is 3. The van der Waals surface area contributed by atoms with Crippen molar-refractivity contribution in [3.05, 3.63) is 95.6 Å². The first-order valence-electron chi connectivity index (χ1n) is 9.76. The van der Waals surface area contributed by atoms with Crippen LogP contribution < -0.4 is 10.1 Å². The van der Waals surface area contributed by atoms with Gasteiger partial charge in [0.2, 0.25) is 0 Å². The molecule has 0 saturated heterocycles. The van der Waals surface area contributed by atoms with Crippen molar-refractivity contribution in [2.24, 2.45) is 0 Å². The fourth-order valence-corrected chi connectivity index (χ4v) is 3.35. The Morgan fingerprint density at radius 3 is 2.13 bits per heavy atom. The molecular weight excluding hydrogens is 396 g/mol. The van der Waals surface area contributed by atoms with Gasteiger partial charge in [0.1, 0.15) is 18.5 Å². The molecule has 0 bridgehead atoms. The molecule has 7 nitrogen and oxygen atoms in total. The Balaban J connectivity index is 1.39.